The molecule has 0 bridgehead atoms. The van der Waals surface area contributed by atoms with Crippen LogP contribution in [0.4, 0.5) is 0 Å². The molecule has 0 saturated carbocycles. The zero-order chi connectivity index (χ0) is 43.0. The van der Waals surface area contributed by atoms with Gasteiger partial charge in [0.15, 0.2) is 0 Å². The third-order valence-electron chi connectivity index (χ3n) is 12.3. The van der Waals surface area contributed by atoms with Crippen LogP contribution in [0, 0.1) is 0 Å². The van der Waals surface area contributed by atoms with Gasteiger partial charge < -0.3 is 20.3 Å². The summed E-state index contributed by atoms with van der Waals surface area (Å²) < 4.78 is 5.45. The van der Waals surface area contributed by atoms with Crippen LogP contribution in [0.15, 0.2) is 12.2 Å². The molecule has 6 heteroatoms. The minimum atomic E-state index is -0.670. The Morgan fingerprint density at radius 2 is 0.797 bits per heavy atom. The number of aliphatic hydroxyl groups excluding tert-OH is 2. The molecule has 0 aromatic heterocycles. The first kappa shape index (κ1) is 57.6. The van der Waals surface area contributed by atoms with Crippen LogP contribution >= 0.6 is 0 Å². The van der Waals surface area contributed by atoms with Crippen LogP contribution in [0.3, 0.4) is 0 Å². The van der Waals surface area contributed by atoms with Crippen LogP contribution in [0.2, 0.25) is 0 Å². The van der Waals surface area contributed by atoms with Crippen LogP contribution in [-0.4, -0.2) is 47.4 Å². The molecule has 2 atom stereocenters. The number of hydrogen-bond acceptors (Lipinski definition) is 5. The number of nitrogens with one attached hydrogen (secondary N) is 1. The van der Waals surface area contributed by atoms with Gasteiger partial charge in [0.1, 0.15) is 0 Å². The van der Waals surface area contributed by atoms with E-state index in [1.165, 1.54) is 205 Å². The summed E-state index contributed by atoms with van der Waals surface area (Å²) in [6.07, 6.45) is 56.1. The monoisotopic (exact) mass is 834 g/mol. The molecular weight excluding hydrogens is 731 g/mol. The third kappa shape index (κ3) is 45.9. The quantitative estimate of drug-likeness (QED) is 0.0322. The second kappa shape index (κ2) is 49.3. The molecule has 0 heterocycles. The fourth-order valence-electron chi connectivity index (χ4n) is 8.22. The number of rotatable bonds is 49. The predicted molar refractivity (Wildman–Crippen MR) is 255 cm³/mol. The molecule has 0 aromatic carbocycles. The Morgan fingerprint density at radius 3 is 1.20 bits per heavy atom. The van der Waals surface area contributed by atoms with Gasteiger partial charge in [0.05, 0.1) is 25.4 Å². The maximum atomic E-state index is 12.4. The average molecular weight is 834 g/mol. The highest BCUT2D eigenvalue weighted by atomic mass is 16.5. The molecule has 0 saturated heterocycles. The van der Waals surface area contributed by atoms with Gasteiger partial charge in [-0.1, -0.05) is 238 Å². The van der Waals surface area contributed by atoms with Crippen molar-refractivity contribution >= 4 is 11.9 Å². The summed E-state index contributed by atoms with van der Waals surface area (Å²) >= 11 is 0. The normalized spacial score (nSPS) is 12.7. The van der Waals surface area contributed by atoms with Crippen LogP contribution in [0.5, 0.6) is 0 Å². The first-order valence-electron chi connectivity index (χ1n) is 26.4. The van der Waals surface area contributed by atoms with Gasteiger partial charge in [0, 0.05) is 12.8 Å². The molecular formula is C53H103NO5. The molecule has 0 aromatic rings. The molecule has 0 fully saturated rings. The lowest BCUT2D eigenvalue weighted by molar-refractivity contribution is -0.143. The average Bonchev–Trinajstić information content (AvgIpc) is 3.24. The van der Waals surface area contributed by atoms with Gasteiger partial charge in [-0.05, 0) is 51.4 Å². The Hall–Kier alpha value is -1.40. The van der Waals surface area contributed by atoms with Crippen molar-refractivity contribution in [1.82, 2.24) is 5.32 Å². The third-order valence-corrected chi connectivity index (χ3v) is 12.3. The van der Waals surface area contributed by atoms with Crippen LogP contribution in [-0.2, 0) is 14.3 Å². The number of amides is 1. The highest BCUT2D eigenvalue weighted by molar-refractivity contribution is 5.76. The Bertz CT molecular complexity index is 878. The molecule has 0 radical (unpaired) electrons. The number of esters is 1. The SMILES string of the molecule is CCCCCCCCCCCCCCCC(O)C(CO)NC(=O)CCCCCCCCC/C=C\CCCCCCCCOC(=O)CCCCCCCCCCCCCC. The minimum Gasteiger partial charge on any atom is -0.466 e. The van der Waals surface area contributed by atoms with Crippen molar-refractivity contribution in [3.8, 4) is 0 Å². The second-order valence-electron chi connectivity index (χ2n) is 18.2. The van der Waals surface area contributed by atoms with Crippen LogP contribution in [0.25, 0.3) is 0 Å². The lowest BCUT2D eigenvalue weighted by Crippen LogP contribution is -2.45. The molecule has 0 rings (SSSR count). The zero-order valence-electron chi connectivity index (χ0n) is 39.7. The summed E-state index contributed by atoms with van der Waals surface area (Å²) in [5.74, 6) is -0.0475. The number of carbonyl (C=O) groups excluding carboxylic acids is 2. The van der Waals surface area contributed by atoms with Crippen LogP contribution in [0.1, 0.15) is 290 Å². The number of aliphatic hydroxyl groups is 2. The molecule has 6 nitrogen and oxygen atoms in total. The van der Waals surface area contributed by atoms with Gasteiger partial charge >= 0.3 is 5.97 Å². The molecule has 3 N–H and O–H groups in total. The Morgan fingerprint density at radius 1 is 0.458 bits per heavy atom. The Kier molecular flexibility index (Phi) is 48.1. The molecule has 0 spiro atoms. The number of ether oxygens (including phenoxy) is 1. The van der Waals surface area contributed by atoms with Crippen molar-refractivity contribution in [3.05, 3.63) is 12.2 Å². The summed E-state index contributed by atoms with van der Waals surface area (Å²) in [6, 6.07) is -0.548. The number of unbranched alkanes of at least 4 members (excludes halogenated alkanes) is 36. The van der Waals surface area contributed by atoms with Crippen LogP contribution < -0.4 is 5.32 Å². The van der Waals surface area contributed by atoms with Gasteiger partial charge in [0.25, 0.3) is 0 Å². The van der Waals surface area contributed by atoms with Crippen molar-refractivity contribution in [1.29, 1.82) is 0 Å². The topological polar surface area (TPSA) is 95.9 Å². The van der Waals surface area contributed by atoms with Gasteiger partial charge in [-0.25, -0.2) is 0 Å². The smallest absolute Gasteiger partial charge is 0.305 e. The van der Waals surface area contributed by atoms with Gasteiger partial charge in [0.2, 0.25) is 5.91 Å². The van der Waals surface area contributed by atoms with E-state index in [1.807, 2.05) is 0 Å². The van der Waals surface area contributed by atoms with Crippen molar-refractivity contribution in [2.24, 2.45) is 0 Å². The maximum Gasteiger partial charge on any atom is 0.305 e. The first-order valence-corrected chi connectivity index (χ1v) is 26.4. The summed E-state index contributed by atoms with van der Waals surface area (Å²) in [6.45, 7) is 4.93. The van der Waals surface area contributed by atoms with Gasteiger partial charge in [-0.2, -0.15) is 0 Å². The fourth-order valence-corrected chi connectivity index (χ4v) is 8.22. The summed E-state index contributed by atoms with van der Waals surface area (Å²) in [5, 5.41) is 23.2. The summed E-state index contributed by atoms with van der Waals surface area (Å²) in [5.41, 5.74) is 0. The largest absolute Gasteiger partial charge is 0.466 e. The van der Waals surface area contributed by atoms with Gasteiger partial charge in [-0.3, -0.25) is 9.59 Å². The standard InChI is InChI=1S/C53H103NO5/c1-3-5-7-9-11-13-15-22-25-29-33-37-41-45-51(56)50(49-55)54-52(57)46-42-38-34-30-26-23-20-18-17-19-21-24-28-32-36-40-44-48-59-53(58)47-43-39-35-31-27-16-14-12-10-8-6-4-2/h17,19,50-51,55-56H,3-16,18,20-49H2,1-2H3,(H,54,57)/b19-17-. The summed E-state index contributed by atoms with van der Waals surface area (Å²) in [4.78, 5) is 24.4. The molecule has 0 aliphatic rings. The lowest BCUT2D eigenvalue weighted by Gasteiger charge is -2.22. The van der Waals surface area contributed by atoms with E-state index in [2.05, 4.69) is 31.3 Å². The van der Waals surface area contributed by atoms with E-state index in [0.29, 0.717) is 25.9 Å². The minimum absolute atomic E-state index is 0.00101. The molecule has 59 heavy (non-hydrogen) atoms. The van der Waals surface area contributed by atoms with Crippen molar-refractivity contribution in [2.45, 2.75) is 302 Å². The van der Waals surface area contributed by atoms with E-state index in [4.69, 9.17) is 4.74 Å². The fraction of sp³-hybridized carbons (Fsp3) is 0.925. The second-order valence-corrected chi connectivity index (χ2v) is 18.2. The molecule has 1 amide bonds. The number of hydrogen-bond donors (Lipinski definition) is 3. The van der Waals surface area contributed by atoms with E-state index in [1.54, 1.807) is 0 Å². The lowest BCUT2D eigenvalue weighted by atomic mass is 10.0. The predicted octanol–water partition coefficient (Wildman–Crippen LogP) is 15.7. The highest BCUT2D eigenvalue weighted by Gasteiger charge is 2.20. The van der Waals surface area contributed by atoms with Crippen molar-refractivity contribution in [2.75, 3.05) is 13.2 Å². The molecule has 350 valence electrons. The number of carbonyl (C=O) groups is 2. The molecule has 2 unspecified atom stereocenters. The van der Waals surface area contributed by atoms with E-state index in [0.717, 1.165) is 51.4 Å². The Labute approximate surface area is 368 Å². The van der Waals surface area contributed by atoms with Crippen molar-refractivity contribution in [3.63, 3.8) is 0 Å². The molecule has 0 aliphatic heterocycles. The Balaban J connectivity index is 3.45. The van der Waals surface area contributed by atoms with Gasteiger partial charge in [-0.15, -0.1) is 0 Å². The summed E-state index contributed by atoms with van der Waals surface area (Å²) in [7, 11) is 0. The van der Waals surface area contributed by atoms with E-state index >= 15 is 0 Å². The van der Waals surface area contributed by atoms with E-state index in [-0.39, 0.29) is 18.5 Å². The van der Waals surface area contributed by atoms with E-state index < -0.39 is 12.1 Å². The maximum absolute atomic E-state index is 12.4. The number of allylic oxidation sites excluding steroid dienone is 2. The first-order chi connectivity index (χ1) is 29.0. The highest BCUT2D eigenvalue weighted by Crippen LogP contribution is 2.16. The molecule has 0 aliphatic carbocycles. The zero-order valence-corrected chi connectivity index (χ0v) is 39.7. The van der Waals surface area contributed by atoms with Crippen molar-refractivity contribution < 1.29 is 24.5 Å². The van der Waals surface area contributed by atoms with E-state index in [9.17, 15) is 19.8 Å².